The lowest BCUT2D eigenvalue weighted by Crippen LogP contribution is -2.43. The minimum atomic E-state index is -0.971. The number of fused-ring (bicyclic) bond motifs is 1. The van der Waals surface area contributed by atoms with Gasteiger partial charge < -0.3 is 10.0 Å². The van der Waals surface area contributed by atoms with Crippen LogP contribution < -0.4 is 0 Å². The molecule has 0 bridgehead atoms. The Morgan fingerprint density at radius 2 is 2.10 bits per heavy atom. The summed E-state index contributed by atoms with van der Waals surface area (Å²) in [6.07, 6.45) is 0.964. The summed E-state index contributed by atoms with van der Waals surface area (Å²) < 4.78 is 0. The summed E-state index contributed by atoms with van der Waals surface area (Å²) in [5, 5.41) is 8.70. The van der Waals surface area contributed by atoms with Crippen LogP contribution in [0.15, 0.2) is 24.3 Å². The van der Waals surface area contributed by atoms with Gasteiger partial charge >= 0.3 is 5.97 Å². The zero-order valence-electron chi connectivity index (χ0n) is 11.7. The molecule has 2 rings (SSSR count). The molecule has 0 fully saturated rings. The molecule has 0 radical (unpaired) electrons. The Bertz CT molecular complexity index is 516. The first kappa shape index (κ1) is 14.9. The Hall–Kier alpha value is -1.49. The lowest BCUT2D eigenvalue weighted by molar-refractivity contribution is -0.145. The molecule has 0 spiro atoms. The number of carboxylic acid groups (broad SMARTS) is 1. The highest BCUT2D eigenvalue weighted by atomic mass is 32.2. The van der Waals surface area contributed by atoms with Crippen LogP contribution in [0.4, 0.5) is 0 Å². The average Bonchev–Trinajstić information content (AvgIpc) is 2.43. The van der Waals surface area contributed by atoms with E-state index in [9.17, 15) is 9.59 Å². The molecular formula is C15H19NO3S. The van der Waals surface area contributed by atoms with Gasteiger partial charge in [0.05, 0.1) is 0 Å². The van der Waals surface area contributed by atoms with E-state index < -0.39 is 5.97 Å². The van der Waals surface area contributed by atoms with E-state index in [1.807, 2.05) is 38.1 Å². The lowest BCUT2D eigenvalue weighted by atomic mass is 10.0. The first-order valence-corrected chi connectivity index (χ1v) is 7.77. The van der Waals surface area contributed by atoms with Gasteiger partial charge in [-0.3, -0.25) is 9.59 Å². The second kappa shape index (κ2) is 6.31. The third-order valence-electron chi connectivity index (χ3n) is 3.43. The van der Waals surface area contributed by atoms with E-state index in [2.05, 4.69) is 0 Å². The van der Waals surface area contributed by atoms with Crippen LogP contribution in [0.3, 0.4) is 0 Å². The number of rotatable bonds is 4. The van der Waals surface area contributed by atoms with Crippen molar-refractivity contribution in [1.82, 2.24) is 4.90 Å². The van der Waals surface area contributed by atoms with E-state index in [0.717, 1.165) is 17.7 Å². The smallest absolute Gasteiger partial charge is 0.323 e. The molecule has 0 aromatic heterocycles. The Labute approximate surface area is 123 Å². The molecule has 5 heteroatoms. The fourth-order valence-corrected chi connectivity index (χ4v) is 3.67. The van der Waals surface area contributed by atoms with Gasteiger partial charge in [-0.25, -0.2) is 0 Å². The summed E-state index contributed by atoms with van der Waals surface area (Å²) in [7, 11) is 0. The van der Waals surface area contributed by atoms with Crippen molar-refractivity contribution in [2.75, 3.05) is 12.3 Å². The van der Waals surface area contributed by atoms with Crippen LogP contribution in [0.2, 0.25) is 0 Å². The van der Waals surface area contributed by atoms with E-state index in [1.165, 1.54) is 10.5 Å². The number of benzene rings is 1. The van der Waals surface area contributed by atoms with E-state index in [-0.39, 0.29) is 23.7 Å². The van der Waals surface area contributed by atoms with Crippen LogP contribution in [0, 0.1) is 0 Å². The van der Waals surface area contributed by atoms with Gasteiger partial charge in [0.25, 0.3) is 0 Å². The topological polar surface area (TPSA) is 57.6 Å². The molecular weight excluding hydrogens is 274 g/mol. The molecule has 1 aliphatic heterocycles. The summed E-state index contributed by atoms with van der Waals surface area (Å²) in [6.45, 7) is 3.45. The first-order valence-electron chi connectivity index (χ1n) is 6.72. The van der Waals surface area contributed by atoms with Gasteiger partial charge in [-0.05, 0) is 37.1 Å². The summed E-state index contributed by atoms with van der Waals surface area (Å²) in [4.78, 5) is 25.1. The molecule has 1 aliphatic rings. The molecule has 0 aliphatic carbocycles. The molecule has 1 atom stereocenters. The standard InChI is InChI=1S/C15H19NO3S/c1-10(2)16(9-13(17)18)15(19)14-12-6-4-3-5-11(12)7-8-20-14/h3-6,10,14H,7-9H2,1-2H3,(H,17,18). The Kier molecular flexibility index (Phi) is 4.70. The number of hydrogen-bond acceptors (Lipinski definition) is 3. The summed E-state index contributed by atoms with van der Waals surface area (Å²) in [5.74, 6) is -0.174. The minimum absolute atomic E-state index is 0.0976. The zero-order valence-corrected chi connectivity index (χ0v) is 12.5. The SMILES string of the molecule is CC(C)N(CC(=O)O)C(=O)C1SCCc2ccccc21. The van der Waals surface area contributed by atoms with Gasteiger partial charge in [-0.15, -0.1) is 11.8 Å². The zero-order chi connectivity index (χ0) is 14.7. The normalized spacial score (nSPS) is 17.6. The molecule has 4 nitrogen and oxygen atoms in total. The van der Waals surface area contributed by atoms with Crippen LogP contribution in [0.1, 0.15) is 30.2 Å². The van der Waals surface area contributed by atoms with Crippen molar-refractivity contribution in [3.8, 4) is 0 Å². The third kappa shape index (κ3) is 3.15. The van der Waals surface area contributed by atoms with Crippen LogP contribution in [0.25, 0.3) is 0 Å². The molecule has 0 saturated heterocycles. The molecule has 1 heterocycles. The molecule has 0 saturated carbocycles. The van der Waals surface area contributed by atoms with Crippen molar-refractivity contribution in [1.29, 1.82) is 0 Å². The molecule has 1 aromatic carbocycles. The summed E-state index contributed by atoms with van der Waals surface area (Å²) in [5.41, 5.74) is 2.23. The van der Waals surface area contributed by atoms with Crippen molar-refractivity contribution >= 4 is 23.6 Å². The van der Waals surface area contributed by atoms with Crippen LogP contribution in [-0.2, 0) is 16.0 Å². The average molecular weight is 293 g/mol. The van der Waals surface area contributed by atoms with Gasteiger partial charge in [0.1, 0.15) is 11.8 Å². The minimum Gasteiger partial charge on any atom is -0.480 e. The van der Waals surface area contributed by atoms with Crippen molar-refractivity contribution in [3.63, 3.8) is 0 Å². The number of carbonyl (C=O) groups excluding carboxylic acids is 1. The highest BCUT2D eigenvalue weighted by Crippen LogP contribution is 2.38. The van der Waals surface area contributed by atoms with Gasteiger partial charge in [0.2, 0.25) is 5.91 Å². The van der Waals surface area contributed by atoms with E-state index >= 15 is 0 Å². The van der Waals surface area contributed by atoms with Crippen LogP contribution in [-0.4, -0.2) is 40.2 Å². The Balaban J connectivity index is 2.26. The largest absolute Gasteiger partial charge is 0.480 e. The van der Waals surface area contributed by atoms with Crippen LogP contribution >= 0.6 is 11.8 Å². The summed E-state index contributed by atoms with van der Waals surface area (Å²) >= 11 is 1.60. The van der Waals surface area contributed by atoms with Crippen molar-refractivity contribution in [3.05, 3.63) is 35.4 Å². The van der Waals surface area contributed by atoms with Crippen molar-refractivity contribution in [2.45, 2.75) is 31.6 Å². The Morgan fingerprint density at radius 1 is 1.40 bits per heavy atom. The van der Waals surface area contributed by atoms with Gasteiger partial charge in [0, 0.05) is 6.04 Å². The first-order chi connectivity index (χ1) is 9.50. The van der Waals surface area contributed by atoms with E-state index in [1.54, 1.807) is 11.8 Å². The number of amides is 1. The molecule has 1 N–H and O–H groups in total. The lowest BCUT2D eigenvalue weighted by Gasteiger charge is -2.32. The second-order valence-corrected chi connectivity index (χ2v) is 6.37. The molecule has 20 heavy (non-hydrogen) atoms. The number of aliphatic carboxylic acids is 1. The van der Waals surface area contributed by atoms with Gasteiger partial charge in [-0.2, -0.15) is 0 Å². The number of aryl methyl sites for hydroxylation is 1. The number of thioether (sulfide) groups is 1. The maximum atomic E-state index is 12.7. The number of hydrogen-bond donors (Lipinski definition) is 1. The fraction of sp³-hybridized carbons (Fsp3) is 0.467. The number of nitrogens with zero attached hydrogens (tertiary/aromatic N) is 1. The van der Waals surface area contributed by atoms with E-state index in [0.29, 0.717) is 0 Å². The molecule has 1 amide bonds. The third-order valence-corrected chi connectivity index (χ3v) is 4.66. The van der Waals surface area contributed by atoms with E-state index in [4.69, 9.17) is 5.11 Å². The quantitative estimate of drug-likeness (QED) is 0.925. The maximum absolute atomic E-state index is 12.7. The highest BCUT2D eigenvalue weighted by molar-refractivity contribution is 8.00. The predicted molar refractivity (Wildman–Crippen MR) is 79.8 cm³/mol. The van der Waals surface area contributed by atoms with Crippen molar-refractivity contribution in [2.24, 2.45) is 0 Å². The second-order valence-electron chi connectivity index (χ2n) is 5.15. The number of carboxylic acids is 1. The van der Waals surface area contributed by atoms with Gasteiger partial charge in [0.15, 0.2) is 0 Å². The Morgan fingerprint density at radius 3 is 2.75 bits per heavy atom. The van der Waals surface area contributed by atoms with Crippen molar-refractivity contribution < 1.29 is 14.7 Å². The maximum Gasteiger partial charge on any atom is 0.323 e. The molecule has 1 unspecified atom stereocenters. The molecule has 108 valence electrons. The highest BCUT2D eigenvalue weighted by Gasteiger charge is 2.32. The molecule has 1 aromatic rings. The number of carbonyl (C=O) groups is 2. The monoisotopic (exact) mass is 293 g/mol. The van der Waals surface area contributed by atoms with Gasteiger partial charge in [-0.1, -0.05) is 24.3 Å². The predicted octanol–water partition coefficient (Wildman–Crippen LogP) is 2.34. The fourth-order valence-electron chi connectivity index (χ4n) is 2.41. The summed E-state index contributed by atoms with van der Waals surface area (Å²) in [6, 6.07) is 7.82. The van der Waals surface area contributed by atoms with Crippen LogP contribution in [0.5, 0.6) is 0 Å².